The molecule has 2 heterocycles. The van der Waals surface area contributed by atoms with E-state index in [0.29, 0.717) is 0 Å². The molecule has 2 unspecified atom stereocenters. The number of nitrogens with one attached hydrogen (secondary N) is 1. The molecule has 2 nitrogen and oxygen atoms in total. The van der Waals surface area contributed by atoms with Crippen LogP contribution >= 0.6 is 11.8 Å². The molecular formula is C11H22N2S. The molecule has 82 valence electrons. The second-order valence-electron chi connectivity index (χ2n) is 4.77. The minimum atomic E-state index is 0.767. The summed E-state index contributed by atoms with van der Waals surface area (Å²) in [6, 6.07) is 1.61. The van der Waals surface area contributed by atoms with Gasteiger partial charge in [-0.2, -0.15) is 11.8 Å². The van der Waals surface area contributed by atoms with Crippen molar-refractivity contribution in [3.05, 3.63) is 0 Å². The Morgan fingerprint density at radius 2 is 2.29 bits per heavy atom. The second kappa shape index (κ2) is 4.86. The summed E-state index contributed by atoms with van der Waals surface area (Å²) in [7, 11) is 0. The number of fused-ring (bicyclic) bond motifs is 1. The molecule has 0 aliphatic carbocycles. The normalized spacial score (nSPS) is 35.4. The molecule has 0 aromatic heterocycles. The SMILES string of the molecule is CC(C)C1CNCCC2CSCCN21. The van der Waals surface area contributed by atoms with E-state index < -0.39 is 0 Å². The smallest absolute Gasteiger partial charge is 0.0247 e. The van der Waals surface area contributed by atoms with Crippen LogP contribution in [0.3, 0.4) is 0 Å². The highest BCUT2D eigenvalue weighted by molar-refractivity contribution is 7.99. The highest BCUT2D eigenvalue weighted by Gasteiger charge is 2.32. The van der Waals surface area contributed by atoms with E-state index in [1.54, 1.807) is 0 Å². The summed E-state index contributed by atoms with van der Waals surface area (Å²) in [6.07, 6.45) is 1.34. The van der Waals surface area contributed by atoms with Crippen LogP contribution in [-0.4, -0.2) is 48.1 Å². The molecule has 2 rings (SSSR count). The first kappa shape index (κ1) is 10.8. The highest BCUT2D eigenvalue weighted by atomic mass is 32.2. The summed E-state index contributed by atoms with van der Waals surface area (Å²) in [5, 5.41) is 3.58. The maximum atomic E-state index is 3.58. The molecule has 0 bridgehead atoms. The maximum absolute atomic E-state index is 3.58. The third kappa shape index (κ3) is 2.26. The summed E-state index contributed by atoms with van der Waals surface area (Å²) in [5.41, 5.74) is 0. The van der Waals surface area contributed by atoms with Crippen LogP contribution < -0.4 is 5.32 Å². The fourth-order valence-electron chi connectivity index (χ4n) is 2.61. The molecule has 2 aliphatic rings. The lowest BCUT2D eigenvalue weighted by atomic mass is 10.0. The standard InChI is InChI=1S/C11H22N2S/c1-9(2)11-7-12-4-3-10-8-14-6-5-13(10)11/h9-12H,3-8H2,1-2H3. The number of hydrogen-bond donors (Lipinski definition) is 1. The van der Waals surface area contributed by atoms with Gasteiger partial charge in [-0.25, -0.2) is 0 Å². The van der Waals surface area contributed by atoms with Crippen molar-refractivity contribution in [1.82, 2.24) is 10.2 Å². The second-order valence-corrected chi connectivity index (χ2v) is 5.92. The van der Waals surface area contributed by atoms with Gasteiger partial charge in [-0.15, -0.1) is 0 Å². The quantitative estimate of drug-likeness (QED) is 0.711. The van der Waals surface area contributed by atoms with Gasteiger partial charge in [0, 0.05) is 36.7 Å². The van der Waals surface area contributed by atoms with Crippen LogP contribution in [0.25, 0.3) is 0 Å². The van der Waals surface area contributed by atoms with E-state index in [-0.39, 0.29) is 0 Å². The lowest BCUT2D eigenvalue weighted by molar-refractivity contribution is 0.127. The van der Waals surface area contributed by atoms with Gasteiger partial charge >= 0.3 is 0 Å². The molecule has 0 amide bonds. The van der Waals surface area contributed by atoms with E-state index >= 15 is 0 Å². The Morgan fingerprint density at radius 3 is 3.07 bits per heavy atom. The molecule has 3 heteroatoms. The molecule has 14 heavy (non-hydrogen) atoms. The Labute approximate surface area is 91.8 Å². The van der Waals surface area contributed by atoms with Gasteiger partial charge < -0.3 is 5.32 Å². The lowest BCUT2D eigenvalue weighted by Gasteiger charge is -2.40. The van der Waals surface area contributed by atoms with E-state index in [2.05, 4.69) is 35.8 Å². The monoisotopic (exact) mass is 214 g/mol. The predicted molar refractivity (Wildman–Crippen MR) is 63.9 cm³/mol. The molecule has 0 radical (unpaired) electrons. The predicted octanol–water partition coefficient (Wildman–Crippen LogP) is 1.42. The fourth-order valence-corrected chi connectivity index (χ4v) is 3.74. The van der Waals surface area contributed by atoms with Gasteiger partial charge in [0.05, 0.1) is 0 Å². The molecule has 2 saturated heterocycles. The first-order valence-electron chi connectivity index (χ1n) is 5.83. The van der Waals surface area contributed by atoms with Crippen LogP contribution in [0.5, 0.6) is 0 Å². The van der Waals surface area contributed by atoms with Gasteiger partial charge in [0.15, 0.2) is 0 Å². The van der Waals surface area contributed by atoms with Crippen molar-refractivity contribution in [3.63, 3.8) is 0 Å². The molecule has 1 N–H and O–H groups in total. The minimum Gasteiger partial charge on any atom is -0.315 e. The lowest BCUT2D eigenvalue weighted by Crippen LogP contribution is -2.51. The minimum absolute atomic E-state index is 0.767. The summed E-state index contributed by atoms with van der Waals surface area (Å²) in [6.45, 7) is 8.43. The zero-order valence-electron chi connectivity index (χ0n) is 9.33. The van der Waals surface area contributed by atoms with Crippen molar-refractivity contribution in [3.8, 4) is 0 Å². The number of nitrogens with zero attached hydrogens (tertiary/aromatic N) is 1. The Balaban J connectivity index is 2.06. The average molecular weight is 214 g/mol. The van der Waals surface area contributed by atoms with E-state index in [4.69, 9.17) is 0 Å². The van der Waals surface area contributed by atoms with Crippen LogP contribution in [0, 0.1) is 5.92 Å². The van der Waals surface area contributed by atoms with Gasteiger partial charge in [0.1, 0.15) is 0 Å². The van der Waals surface area contributed by atoms with Crippen molar-refractivity contribution in [2.24, 2.45) is 5.92 Å². The molecule has 0 aromatic rings. The Kier molecular flexibility index (Phi) is 3.74. The largest absolute Gasteiger partial charge is 0.315 e. The van der Waals surface area contributed by atoms with Crippen LogP contribution in [0.1, 0.15) is 20.3 Å². The molecule has 0 aromatic carbocycles. The molecule has 0 saturated carbocycles. The van der Waals surface area contributed by atoms with Crippen LogP contribution in [0.2, 0.25) is 0 Å². The number of thioether (sulfide) groups is 1. The molecule has 2 fully saturated rings. The first-order chi connectivity index (χ1) is 6.79. The first-order valence-corrected chi connectivity index (χ1v) is 6.98. The number of hydrogen-bond acceptors (Lipinski definition) is 3. The maximum Gasteiger partial charge on any atom is 0.0247 e. The van der Waals surface area contributed by atoms with E-state index in [9.17, 15) is 0 Å². The Hall–Kier alpha value is 0.270. The van der Waals surface area contributed by atoms with Crippen LogP contribution in [-0.2, 0) is 0 Å². The third-order valence-corrected chi connectivity index (χ3v) is 4.57. The highest BCUT2D eigenvalue weighted by Crippen LogP contribution is 2.25. The summed E-state index contributed by atoms with van der Waals surface area (Å²) in [5.74, 6) is 3.47. The van der Waals surface area contributed by atoms with Crippen molar-refractivity contribution >= 4 is 11.8 Å². The van der Waals surface area contributed by atoms with Gasteiger partial charge in [0.25, 0.3) is 0 Å². The fraction of sp³-hybridized carbons (Fsp3) is 1.00. The molecule has 0 spiro atoms. The van der Waals surface area contributed by atoms with Gasteiger partial charge in [0.2, 0.25) is 0 Å². The van der Waals surface area contributed by atoms with Crippen LogP contribution in [0.4, 0.5) is 0 Å². The van der Waals surface area contributed by atoms with Crippen molar-refractivity contribution in [2.75, 3.05) is 31.1 Å². The topological polar surface area (TPSA) is 15.3 Å². The van der Waals surface area contributed by atoms with E-state index in [0.717, 1.165) is 18.0 Å². The average Bonchev–Trinajstić information content (AvgIpc) is 2.39. The Bertz CT molecular complexity index is 184. The van der Waals surface area contributed by atoms with Crippen molar-refractivity contribution in [1.29, 1.82) is 0 Å². The van der Waals surface area contributed by atoms with Gasteiger partial charge in [-0.1, -0.05) is 13.8 Å². The van der Waals surface area contributed by atoms with Crippen molar-refractivity contribution < 1.29 is 0 Å². The summed E-state index contributed by atoms with van der Waals surface area (Å²) >= 11 is 2.13. The van der Waals surface area contributed by atoms with Gasteiger partial charge in [-0.05, 0) is 18.9 Å². The zero-order valence-corrected chi connectivity index (χ0v) is 10.1. The Morgan fingerprint density at radius 1 is 1.43 bits per heavy atom. The third-order valence-electron chi connectivity index (χ3n) is 3.48. The summed E-state index contributed by atoms with van der Waals surface area (Å²) < 4.78 is 0. The summed E-state index contributed by atoms with van der Waals surface area (Å²) in [4.78, 5) is 2.77. The molecule has 2 aliphatic heterocycles. The molecular weight excluding hydrogens is 192 g/mol. The van der Waals surface area contributed by atoms with Crippen LogP contribution in [0.15, 0.2) is 0 Å². The van der Waals surface area contributed by atoms with Gasteiger partial charge in [-0.3, -0.25) is 4.90 Å². The van der Waals surface area contributed by atoms with Crippen molar-refractivity contribution in [2.45, 2.75) is 32.4 Å². The molecule has 2 atom stereocenters. The van der Waals surface area contributed by atoms with E-state index in [1.165, 1.54) is 37.6 Å². The zero-order chi connectivity index (χ0) is 9.97. The van der Waals surface area contributed by atoms with E-state index in [1.807, 2.05) is 0 Å². The number of rotatable bonds is 1.